The highest BCUT2D eigenvalue weighted by molar-refractivity contribution is 4.73. The van der Waals surface area contributed by atoms with Crippen LogP contribution in [-0.4, -0.2) is 42.4 Å². The maximum Gasteiger partial charge on any atom is 0.185 e. The molecule has 0 bridgehead atoms. The van der Waals surface area contributed by atoms with E-state index in [4.69, 9.17) is 9.47 Å². The third kappa shape index (κ3) is 2.13. The number of methoxy groups -OCH3 is 1. The summed E-state index contributed by atoms with van der Waals surface area (Å²) in [5, 5.41) is 18.6. The second-order valence-electron chi connectivity index (χ2n) is 2.68. The number of hydrogen-bond acceptors (Lipinski definition) is 4. The zero-order chi connectivity index (χ0) is 8.27. The zero-order valence-electron chi connectivity index (χ0n) is 6.56. The number of ether oxygens (including phenoxy) is 2. The van der Waals surface area contributed by atoms with Crippen molar-refractivity contribution < 1.29 is 19.7 Å². The molecule has 3 unspecified atom stereocenters. The first-order valence-corrected chi connectivity index (χ1v) is 3.76. The third-order valence-electron chi connectivity index (χ3n) is 1.83. The van der Waals surface area contributed by atoms with E-state index < -0.39 is 18.5 Å². The molecule has 0 aliphatic carbocycles. The van der Waals surface area contributed by atoms with Gasteiger partial charge in [-0.25, -0.2) is 0 Å². The fourth-order valence-corrected chi connectivity index (χ4v) is 1.15. The Bertz CT molecular complexity index is 117. The zero-order valence-corrected chi connectivity index (χ0v) is 6.56. The van der Waals surface area contributed by atoms with Gasteiger partial charge in [0.05, 0.1) is 6.10 Å². The Morgan fingerprint density at radius 3 is 2.82 bits per heavy atom. The third-order valence-corrected chi connectivity index (χ3v) is 1.83. The molecular weight excluding hydrogens is 148 g/mol. The summed E-state index contributed by atoms with van der Waals surface area (Å²) in [7, 11) is 1.45. The Kier molecular flexibility index (Phi) is 3.26. The van der Waals surface area contributed by atoms with Gasteiger partial charge in [-0.2, -0.15) is 0 Å². The van der Waals surface area contributed by atoms with Crippen molar-refractivity contribution in [2.75, 3.05) is 13.7 Å². The molecule has 1 heterocycles. The lowest BCUT2D eigenvalue weighted by atomic mass is 10.1. The molecule has 2 N–H and O–H groups in total. The molecule has 1 saturated heterocycles. The van der Waals surface area contributed by atoms with Gasteiger partial charge in [0.25, 0.3) is 0 Å². The predicted molar refractivity (Wildman–Crippen MR) is 38.0 cm³/mol. The van der Waals surface area contributed by atoms with Crippen LogP contribution in [0.15, 0.2) is 0 Å². The average molecular weight is 162 g/mol. The van der Waals surface area contributed by atoms with Gasteiger partial charge in [0.2, 0.25) is 0 Å². The maximum absolute atomic E-state index is 9.32. The fourth-order valence-electron chi connectivity index (χ4n) is 1.15. The molecule has 1 aliphatic heterocycles. The van der Waals surface area contributed by atoms with Gasteiger partial charge in [-0.05, 0) is 12.8 Å². The predicted octanol–water partition coefficient (Wildman–Crippen LogP) is -0.509. The molecule has 0 amide bonds. The second-order valence-corrected chi connectivity index (χ2v) is 2.68. The van der Waals surface area contributed by atoms with Crippen molar-refractivity contribution >= 4 is 0 Å². The van der Waals surface area contributed by atoms with Crippen molar-refractivity contribution in [1.29, 1.82) is 0 Å². The summed E-state index contributed by atoms with van der Waals surface area (Å²) in [6, 6.07) is 0. The first-order valence-electron chi connectivity index (χ1n) is 3.76. The summed E-state index contributed by atoms with van der Waals surface area (Å²) in [6.07, 6.45) is -0.975. The van der Waals surface area contributed by atoms with Crippen molar-refractivity contribution in [2.24, 2.45) is 0 Å². The van der Waals surface area contributed by atoms with E-state index in [9.17, 15) is 10.2 Å². The highest BCUT2D eigenvalue weighted by Crippen LogP contribution is 2.14. The number of aliphatic hydroxyl groups excluding tert-OH is 2. The first-order chi connectivity index (χ1) is 5.25. The van der Waals surface area contributed by atoms with Gasteiger partial charge < -0.3 is 19.7 Å². The van der Waals surface area contributed by atoms with Gasteiger partial charge in [-0.3, -0.25) is 0 Å². The van der Waals surface area contributed by atoms with Crippen LogP contribution < -0.4 is 0 Å². The molecule has 1 rings (SSSR count). The second kappa shape index (κ2) is 4.01. The van der Waals surface area contributed by atoms with Crippen LogP contribution in [0.4, 0.5) is 0 Å². The quantitative estimate of drug-likeness (QED) is 0.545. The van der Waals surface area contributed by atoms with Gasteiger partial charge >= 0.3 is 0 Å². The molecule has 11 heavy (non-hydrogen) atoms. The Morgan fingerprint density at radius 1 is 1.45 bits per heavy atom. The van der Waals surface area contributed by atoms with E-state index >= 15 is 0 Å². The summed E-state index contributed by atoms with van der Waals surface area (Å²) in [5.74, 6) is 0. The van der Waals surface area contributed by atoms with E-state index in [0.717, 1.165) is 6.42 Å². The van der Waals surface area contributed by atoms with Gasteiger partial charge in [0.15, 0.2) is 6.29 Å². The van der Waals surface area contributed by atoms with Crippen molar-refractivity contribution in [3.8, 4) is 0 Å². The van der Waals surface area contributed by atoms with Gasteiger partial charge in [0, 0.05) is 13.7 Å². The van der Waals surface area contributed by atoms with Crippen molar-refractivity contribution in [2.45, 2.75) is 31.3 Å². The van der Waals surface area contributed by atoms with Crippen LogP contribution in [-0.2, 0) is 9.47 Å². The molecule has 4 nitrogen and oxygen atoms in total. The monoisotopic (exact) mass is 162 g/mol. The van der Waals surface area contributed by atoms with Crippen LogP contribution >= 0.6 is 0 Å². The number of hydrogen-bond donors (Lipinski definition) is 2. The Hall–Kier alpha value is -0.160. The Balaban J connectivity index is 2.49. The SMILES string of the molecule is COC1OCCCC(O)C1O. The highest BCUT2D eigenvalue weighted by atomic mass is 16.7. The fraction of sp³-hybridized carbons (Fsp3) is 1.00. The highest BCUT2D eigenvalue weighted by Gasteiger charge is 2.29. The minimum atomic E-state index is -0.914. The van der Waals surface area contributed by atoms with Crippen LogP contribution in [0, 0.1) is 0 Å². The Labute approximate surface area is 65.7 Å². The Morgan fingerprint density at radius 2 is 2.18 bits per heavy atom. The molecule has 4 heteroatoms. The molecule has 0 aromatic rings. The minimum Gasteiger partial charge on any atom is -0.390 e. The smallest absolute Gasteiger partial charge is 0.185 e. The van der Waals surface area contributed by atoms with Crippen LogP contribution in [0.5, 0.6) is 0 Å². The summed E-state index contributed by atoms with van der Waals surface area (Å²) in [5.41, 5.74) is 0. The molecule has 66 valence electrons. The first kappa shape index (κ1) is 8.93. The molecule has 0 aromatic heterocycles. The van der Waals surface area contributed by atoms with Crippen LogP contribution in [0.2, 0.25) is 0 Å². The van der Waals surface area contributed by atoms with Crippen LogP contribution in [0.3, 0.4) is 0 Å². The van der Waals surface area contributed by atoms with Crippen molar-refractivity contribution in [3.05, 3.63) is 0 Å². The van der Waals surface area contributed by atoms with Crippen molar-refractivity contribution in [3.63, 3.8) is 0 Å². The topological polar surface area (TPSA) is 58.9 Å². The van der Waals surface area contributed by atoms with Crippen molar-refractivity contribution in [1.82, 2.24) is 0 Å². The van der Waals surface area contributed by atoms with Gasteiger partial charge in [-0.15, -0.1) is 0 Å². The molecule has 1 aliphatic rings. The van der Waals surface area contributed by atoms with Crippen LogP contribution in [0.1, 0.15) is 12.8 Å². The molecule has 0 saturated carbocycles. The molecule has 0 spiro atoms. The molecule has 0 radical (unpaired) electrons. The van der Waals surface area contributed by atoms with E-state index in [2.05, 4.69) is 0 Å². The molecule has 0 aromatic carbocycles. The largest absolute Gasteiger partial charge is 0.390 e. The summed E-state index contributed by atoms with van der Waals surface area (Å²) >= 11 is 0. The lowest BCUT2D eigenvalue weighted by Gasteiger charge is -2.21. The lowest BCUT2D eigenvalue weighted by Crippen LogP contribution is -2.38. The van der Waals surface area contributed by atoms with E-state index in [1.807, 2.05) is 0 Å². The van der Waals surface area contributed by atoms with Gasteiger partial charge in [0.1, 0.15) is 6.10 Å². The maximum atomic E-state index is 9.32. The standard InChI is InChI=1S/C7H14O4/c1-10-7-6(9)5(8)3-2-4-11-7/h5-9H,2-4H2,1H3. The van der Waals surface area contributed by atoms with E-state index in [0.29, 0.717) is 13.0 Å². The number of rotatable bonds is 1. The lowest BCUT2D eigenvalue weighted by molar-refractivity contribution is -0.191. The van der Waals surface area contributed by atoms with E-state index in [1.54, 1.807) is 0 Å². The molecule has 3 atom stereocenters. The van der Waals surface area contributed by atoms with Crippen LogP contribution in [0.25, 0.3) is 0 Å². The van der Waals surface area contributed by atoms with Gasteiger partial charge in [-0.1, -0.05) is 0 Å². The van der Waals surface area contributed by atoms with E-state index in [1.165, 1.54) is 7.11 Å². The summed E-state index contributed by atoms with van der Waals surface area (Å²) in [6.45, 7) is 0.534. The van der Waals surface area contributed by atoms with E-state index in [-0.39, 0.29) is 0 Å². The molecule has 1 fully saturated rings. The molecular formula is C7H14O4. The minimum absolute atomic E-state index is 0.534. The number of aliphatic hydroxyl groups is 2. The normalized spacial score (nSPS) is 40.1. The summed E-state index contributed by atoms with van der Waals surface area (Å²) in [4.78, 5) is 0. The average Bonchev–Trinajstić information content (AvgIpc) is 2.16. The summed E-state index contributed by atoms with van der Waals surface area (Å²) < 4.78 is 9.92.